The fourth-order valence-electron chi connectivity index (χ4n) is 1.32. The molecule has 0 amide bonds. The van der Waals surface area contributed by atoms with Gasteiger partial charge in [0.05, 0.1) is 10.0 Å². The van der Waals surface area contributed by atoms with E-state index in [9.17, 15) is 13.2 Å². The fraction of sp³-hybridized carbons (Fsp3) is 0.300. The number of rotatable bonds is 3. The Morgan fingerprint density at radius 2 is 1.82 bits per heavy atom. The number of sulfonamides is 1. The summed E-state index contributed by atoms with van der Waals surface area (Å²) in [7, 11) is -4.10. The summed E-state index contributed by atoms with van der Waals surface area (Å²) in [4.78, 5) is 11.4. The molecule has 1 aromatic rings. The van der Waals surface area contributed by atoms with Gasteiger partial charge < -0.3 is 0 Å². The highest BCUT2D eigenvalue weighted by atomic mass is 35.5. The van der Waals surface area contributed by atoms with Crippen LogP contribution in [0.1, 0.15) is 24.2 Å². The van der Waals surface area contributed by atoms with Crippen LogP contribution < -0.4 is 5.14 Å². The van der Waals surface area contributed by atoms with Gasteiger partial charge >= 0.3 is 0 Å². The molecule has 0 saturated carbocycles. The Kier molecular flexibility index (Phi) is 4.19. The Hall–Kier alpha value is -0.620. The molecule has 0 fully saturated rings. The zero-order valence-electron chi connectivity index (χ0n) is 9.20. The summed E-state index contributed by atoms with van der Waals surface area (Å²) < 4.78 is 22.9. The average Bonchev–Trinajstić information content (AvgIpc) is 2.18. The van der Waals surface area contributed by atoms with Gasteiger partial charge in [-0.3, -0.25) is 4.79 Å². The number of hydrogen-bond acceptors (Lipinski definition) is 3. The maximum absolute atomic E-state index is 11.9. The number of carbonyl (C=O) groups excluding carboxylic acids is 1. The van der Waals surface area contributed by atoms with Gasteiger partial charge in [0.25, 0.3) is 0 Å². The van der Waals surface area contributed by atoms with E-state index in [0.717, 1.165) is 0 Å². The molecule has 0 spiro atoms. The fourth-order valence-corrected chi connectivity index (χ4v) is 2.85. The molecule has 7 heteroatoms. The van der Waals surface area contributed by atoms with Crippen molar-refractivity contribution in [3.63, 3.8) is 0 Å². The number of carbonyl (C=O) groups is 1. The molecule has 0 saturated heterocycles. The minimum Gasteiger partial charge on any atom is -0.294 e. The predicted octanol–water partition coefficient (Wildman–Crippen LogP) is 2.48. The van der Waals surface area contributed by atoms with E-state index in [1.165, 1.54) is 12.1 Å². The van der Waals surface area contributed by atoms with Gasteiger partial charge in [0.15, 0.2) is 5.78 Å². The Labute approximate surface area is 110 Å². The number of ketones is 1. The van der Waals surface area contributed by atoms with Crippen LogP contribution in [0.15, 0.2) is 17.0 Å². The lowest BCUT2D eigenvalue weighted by Gasteiger charge is -2.11. The van der Waals surface area contributed by atoms with Crippen LogP contribution in [0.25, 0.3) is 0 Å². The van der Waals surface area contributed by atoms with Gasteiger partial charge in [-0.25, -0.2) is 13.6 Å². The molecule has 17 heavy (non-hydrogen) atoms. The summed E-state index contributed by atoms with van der Waals surface area (Å²) >= 11 is 11.5. The molecular weight excluding hydrogens is 285 g/mol. The maximum Gasteiger partial charge on any atom is 0.240 e. The van der Waals surface area contributed by atoms with Crippen molar-refractivity contribution in [3.05, 3.63) is 27.7 Å². The van der Waals surface area contributed by atoms with Crippen LogP contribution in [-0.4, -0.2) is 14.2 Å². The van der Waals surface area contributed by atoms with Crippen molar-refractivity contribution in [2.24, 2.45) is 11.1 Å². The second-order valence-electron chi connectivity index (χ2n) is 3.80. The van der Waals surface area contributed by atoms with E-state index in [1.54, 1.807) is 13.8 Å². The van der Waals surface area contributed by atoms with E-state index in [1.807, 2.05) is 0 Å². The third-order valence-corrected chi connectivity index (χ3v) is 4.03. The first-order chi connectivity index (χ1) is 7.66. The molecular formula is C10H11Cl2NO3S. The van der Waals surface area contributed by atoms with Crippen molar-refractivity contribution in [2.45, 2.75) is 18.7 Å². The minimum atomic E-state index is -4.10. The van der Waals surface area contributed by atoms with Crippen LogP contribution in [0, 0.1) is 5.92 Å². The zero-order chi connectivity index (χ0) is 13.4. The van der Waals surface area contributed by atoms with Gasteiger partial charge in [-0.05, 0) is 12.1 Å². The summed E-state index contributed by atoms with van der Waals surface area (Å²) in [5.41, 5.74) is -0.0306. The molecule has 0 aliphatic carbocycles. The Morgan fingerprint density at radius 3 is 2.24 bits per heavy atom. The summed E-state index contributed by atoms with van der Waals surface area (Å²) in [5, 5.41) is 4.86. The number of benzene rings is 1. The first-order valence-electron chi connectivity index (χ1n) is 4.71. The highest BCUT2D eigenvalue weighted by Gasteiger charge is 2.25. The Bertz CT molecular complexity index is 567. The summed E-state index contributed by atoms with van der Waals surface area (Å²) in [6, 6.07) is 2.68. The van der Waals surface area contributed by atoms with Gasteiger partial charge in [0, 0.05) is 11.5 Å². The van der Waals surface area contributed by atoms with Crippen LogP contribution in [-0.2, 0) is 10.0 Å². The molecule has 2 N–H and O–H groups in total. The Balaban J connectivity index is 3.64. The van der Waals surface area contributed by atoms with Crippen LogP contribution >= 0.6 is 23.2 Å². The van der Waals surface area contributed by atoms with Gasteiger partial charge in [-0.1, -0.05) is 37.0 Å². The number of halogens is 2. The standard InChI is InChI=1S/C10H11Cl2NO3S/c1-5(2)9(14)6-3-4-7(11)8(12)10(6)17(13,15)16/h3-5H,1-2H3,(H2,13,15,16). The second kappa shape index (κ2) is 4.94. The molecule has 94 valence electrons. The minimum absolute atomic E-state index is 0.0306. The van der Waals surface area contributed by atoms with E-state index in [0.29, 0.717) is 0 Å². The van der Waals surface area contributed by atoms with E-state index in [2.05, 4.69) is 0 Å². The smallest absolute Gasteiger partial charge is 0.240 e. The predicted molar refractivity (Wildman–Crippen MR) is 67.0 cm³/mol. The second-order valence-corrected chi connectivity index (χ2v) is 6.09. The topological polar surface area (TPSA) is 77.2 Å². The van der Waals surface area contributed by atoms with E-state index >= 15 is 0 Å². The van der Waals surface area contributed by atoms with E-state index < -0.39 is 14.9 Å². The molecule has 0 aliphatic heterocycles. The SMILES string of the molecule is CC(C)C(=O)c1ccc(Cl)c(Cl)c1S(N)(=O)=O. The van der Waals surface area contributed by atoms with Crippen LogP contribution in [0.4, 0.5) is 0 Å². The van der Waals surface area contributed by atoms with Gasteiger partial charge in [0.2, 0.25) is 10.0 Å². The van der Waals surface area contributed by atoms with Gasteiger partial charge in [0.1, 0.15) is 4.90 Å². The lowest BCUT2D eigenvalue weighted by atomic mass is 10.0. The van der Waals surface area contributed by atoms with Crippen LogP contribution in [0.2, 0.25) is 10.0 Å². The number of primary sulfonamides is 1. The van der Waals surface area contributed by atoms with Crippen LogP contribution in [0.3, 0.4) is 0 Å². The highest BCUT2D eigenvalue weighted by Crippen LogP contribution is 2.32. The summed E-state index contributed by atoms with van der Waals surface area (Å²) in [5.74, 6) is -0.722. The number of Topliss-reactive ketones (excluding diaryl/α,β-unsaturated/α-hetero) is 1. The molecule has 0 heterocycles. The lowest BCUT2D eigenvalue weighted by molar-refractivity contribution is 0.0936. The monoisotopic (exact) mass is 295 g/mol. The molecule has 0 radical (unpaired) electrons. The molecule has 0 aromatic heterocycles. The van der Waals surface area contributed by atoms with Crippen molar-refractivity contribution < 1.29 is 13.2 Å². The number of hydrogen-bond donors (Lipinski definition) is 1. The third kappa shape index (κ3) is 2.98. The normalized spacial score (nSPS) is 11.9. The quantitative estimate of drug-likeness (QED) is 0.870. The number of nitrogens with two attached hydrogens (primary N) is 1. The lowest BCUT2D eigenvalue weighted by Crippen LogP contribution is -2.19. The highest BCUT2D eigenvalue weighted by molar-refractivity contribution is 7.89. The van der Waals surface area contributed by atoms with Crippen molar-refractivity contribution >= 4 is 39.0 Å². The van der Waals surface area contributed by atoms with Crippen molar-refractivity contribution in [1.29, 1.82) is 0 Å². The van der Waals surface area contributed by atoms with Crippen molar-refractivity contribution in [1.82, 2.24) is 0 Å². The summed E-state index contributed by atoms with van der Waals surface area (Å²) in [6.07, 6.45) is 0. The molecule has 0 atom stereocenters. The van der Waals surface area contributed by atoms with Crippen molar-refractivity contribution in [2.75, 3.05) is 0 Å². The molecule has 1 aromatic carbocycles. The largest absolute Gasteiger partial charge is 0.294 e. The molecule has 0 bridgehead atoms. The van der Waals surface area contributed by atoms with E-state index in [4.69, 9.17) is 28.3 Å². The van der Waals surface area contributed by atoms with Crippen molar-refractivity contribution in [3.8, 4) is 0 Å². The molecule has 1 rings (SSSR count). The Morgan fingerprint density at radius 1 is 1.29 bits per heavy atom. The molecule has 0 aliphatic rings. The molecule has 4 nitrogen and oxygen atoms in total. The first-order valence-corrected chi connectivity index (χ1v) is 7.01. The third-order valence-electron chi connectivity index (χ3n) is 2.12. The first kappa shape index (κ1) is 14.4. The van der Waals surface area contributed by atoms with Gasteiger partial charge in [-0.2, -0.15) is 0 Å². The summed E-state index contributed by atoms with van der Waals surface area (Å²) in [6.45, 7) is 3.30. The van der Waals surface area contributed by atoms with E-state index in [-0.39, 0.29) is 27.3 Å². The maximum atomic E-state index is 11.9. The zero-order valence-corrected chi connectivity index (χ0v) is 11.5. The molecule has 0 unspecified atom stereocenters. The van der Waals surface area contributed by atoms with Crippen LogP contribution in [0.5, 0.6) is 0 Å². The average molecular weight is 296 g/mol. The van der Waals surface area contributed by atoms with Gasteiger partial charge in [-0.15, -0.1) is 0 Å².